The minimum absolute atomic E-state index is 0.0747. The van der Waals surface area contributed by atoms with Crippen molar-refractivity contribution in [2.45, 2.75) is 13.8 Å². The van der Waals surface area contributed by atoms with Crippen molar-refractivity contribution in [2.24, 2.45) is 14.1 Å². The Morgan fingerprint density at radius 3 is 2.48 bits per heavy atom. The lowest BCUT2D eigenvalue weighted by Crippen LogP contribution is -2.15. The number of hydrogen-bond acceptors (Lipinski definition) is 4. The SMILES string of the molecule is CC(=O)c1cc(C(=O)Nc2cccc(-c3nnc(C)n3C)c2)n(C)c1. The van der Waals surface area contributed by atoms with E-state index in [2.05, 4.69) is 15.5 Å². The van der Waals surface area contributed by atoms with Crippen molar-refractivity contribution in [3.63, 3.8) is 0 Å². The van der Waals surface area contributed by atoms with Crippen molar-refractivity contribution < 1.29 is 9.59 Å². The Bertz CT molecular complexity index is 968. The predicted octanol–water partition coefficient (Wildman–Crippen LogP) is 2.58. The Balaban J connectivity index is 1.86. The number of nitrogens with one attached hydrogen (secondary N) is 1. The van der Waals surface area contributed by atoms with Gasteiger partial charge in [-0.05, 0) is 32.0 Å². The highest BCUT2D eigenvalue weighted by atomic mass is 16.2. The summed E-state index contributed by atoms with van der Waals surface area (Å²) in [6.45, 7) is 3.35. The minimum atomic E-state index is -0.277. The maximum absolute atomic E-state index is 12.5. The summed E-state index contributed by atoms with van der Waals surface area (Å²) in [7, 11) is 3.63. The Kier molecular flexibility index (Phi) is 4.22. The molecule has 0 aliphatic rings. The molecule has 0 fully saturated rings. The monoisotopic (exact) mass is 337 g/mol. The van der Waals surface area contributed by atoms with Crippen molar-refractivity contribution in [1.29, 1.82) is 0 Å². The van der Waals surface area contributed by atoms with E-state index in [0.29, 0.717) is 16.9 Å². The van der Waals surface area contributed by atoms with Crippen LogP contribution in [0.25, 0.3) is 11.4 Å². The van der Waals surface area contributed by atoms with Gasteiger partial charge in [0.05, 0.1) is 0 Å². The largest absolute Gasteiger partial charge is 0.346 e. The zero-order valence-electron chi connectivity index (χ0n) is 14.6. The molecule has 0 bridgehead atoms. The van der Waals surface area contributed by atoms with E-state index in [1.807, 2.05) is 36.7 Å². The summed E-state index contributed by atoms with van der Waals surface area (Å²) in [5.74, 6) is 1.19. The van der Waals surface area contributed by atoms with Crippen molar-refractivity contribution in [1.82, 2.24) is 19.3 Å². The van der Waals surface area contributed by atoms with Crippen LogP contribution in [-0.4, -0.2) is 31.0 Å². The average molecular weight is 337 g/mol. The third-order valence-corrected chi connectivity index (χ3v) is 4.12. The fraction of sp³-hybridized carbons (Fsp3) is 0.222. The van der Waals surface area contributed by atoms with Crippen LogP contribution in [0.3, 0.4) is 0 Å². The first-order chi connectivity index (χ1) is 11.9. The number of rotatable bonds is 4. The van der Waals surface area contributed by atoms with E-state index >= 15 is 0 Å². The molecule has 0 saturated heterocycles. The molecule has 0 unspecified atom stereocenters. The second-order valence-corrected chi connectivity index (χ2v) is 5.95. The lowest BCUT2D eigenvalue weighted by atomic mass is 10.2. The highest BCUT2D eigenvalue weighted by Gasteiger charge is 2.15. The molecule has 1 N–H and O–H groups in total. The smallest absolute Gasteiger partial charge is 0.272 e. The molecule has 2 aromatic heterocycles. The molecule has 0 spiro atoms. The average Bonchev–Trinajstić information content (AvgIpc) is 3.11. The van der Waals surface area contributed by atoms with Gasteiger partial charge in [-0.25, -0.2) is 0 Å². The molecule has 0 aliphatic heterocycles. The van der Waals surface area contributed by atoms with Crippen LogP contribution >= 0.6 is 0 Å². The second kappa shape index (κ2) is 6.35. The number of aryl methyl sites for hydroxylation is 2. The zero-order chi connectivity index (χ0) is 18.1. The summed E-state index contributed by atoms with van der Waals surface area (Å²) in [5.41, 5.74) is 2.44. The highest BCUT2D eigenvalue weighted by molar-refractivity contribution is 6.05. The Morgan fingerprint density at radius 1 is 1.12 bits per heavy atom. The van der Waals surface area contributed by atoms with Gasteiger partial charge in [-0.3, -0.25) is 9.59 Å². The molecule has 2 heterocycles. The summed E-state index contributed by atoms with van der Waals surface area (Å²) in [5, 5.41) is 11.1. The molecule has 7 nitrogen and oxygen atoms in total. The van der Waals surface area contributed by atoms with Crippen LogP contribution in [0.2, 0.25) is 0 Å². The summed E-state index contributed by atoms with van der Waals surface area (Å²) in [4.78, 5) is 24.0. The maximum Gasteiger partial charge on any atom is 0.272 e. The molecular formula is C18H19N5O2. The number of anilines is 1. The van der Waals surface area contributed by atoms with Gasteiger partial charge in [-0.1, -0.05) is 12.1 Å². The summed E-state index contributed by atoms with van der Waals surface area (Å²) in [6.07, 6.45) is 1.65. The number of amides is 1. The summed E-state index contributed by atoms with van der Waals surface area (Å²) in [6, 6.07) is 9.00. The first-order valence-corrected chi connectivity index (χ1v) is 7.82. The van der Waals surface area contributed by atoms with Crippen LogP contribution in [0.5, 0.6) is 0 Å². The molecule has 25 heavy (non-hydrogen) atoms. The van der Waals surface area contributed by atoms with Crippen molar-refractivity contribution in [2.75, 3.05) is 5.32 Å². The molecular weight excluding hydrogens is 318 g/mol. The van der Waals surface area contributed by atoms with Crippen LogP contribution in [0.1, 0.15) is 33.6 Å². The fourth-order valence-corrected chi connectivity index (χ4v) is 2.57. The zero-order valence-corrected chi connectivity index (χ0v) is 14.6. The normalized spacial score (nSPS) is 10.7. The van der Waals surface area contributed by atoms with Crippen LogP contribution in [0.4, 0.5) is 5.69 Å². The third kappa shape index (κ3) is 3.21. The quantitative estimate of drug-likeness (QED) is 0.742. The molecule has 0 radical (unpaired) electrons. The molecule has 7 heteroatoms. The van der Waals surface area contributed by atoms with Gasteiger partial charge in [0.25, 0.3) is 5.91 Å². The molecule has 0 saturated carbocycles. The first-order valence-electron chi connectivity index (χ1n) is 7.82. The second-order valence-electron chi connectivity index (χ2n) is 5.95. The van der Waals surface area contributed by atoms with Crippen molar-refractivity contribution >= 4 is 17.4 Å². The van der Waals surface area contributed by atoms with E-state index in [1.165, 1.54) is 6.92 Å². The minimum Gasteiger partial charge on any atom is -0.346 e. The van der Waals surface area contributed by atoms with Gasteiger partial charge >= 0.3 is 0 Å². The number of Topliss-reactive ketones (excluding diaryl/α,β-unsaturated/α-hetero) is 1. The lowest BCUT2D eigenvalue weighted by Gasteiger charge is -2.08. The molecule has 128 valence electrons. The lowest BCUT2D eigenvalue weighted by molar-refractivity contribution is 0.101. The highest BCUT2D eigenvalue weighted by Crippen LogP contribution is 2.21. The van der Waals surface area contributed by atoms with Gasteiger partial charge in [-0.15, -0.1) is 10.2 Å². The van der Waals surface area contributed by atoms with Gasteiger partial charge in [-0.2, -0.15) is 0 Å². The molecule has 0 atom stereocenters. The standard InChI is InChI=1S/C18H19N5O2/c1-11(24)14-9-16(22(3)10-14)18(25)19-15-7-5-6-13(8-15)17-21-20-12(2)23(17)4/h5-10H,1-4H3,(H,19,25). The van der Waals surface area contributed by atoms with Crippen LogP contribution in [0, 0.1) is 6.92 Å². The molecule has 3 rings (SSSR count). The van der Waals surface area contributed by atoms with Gasteiger partial charge in [0.2, 0.25) is 0 Å². The van der Waals surface area contributed by atoms with E-state index in [-0.39, 0.29) is 11.7 Å². The number of carbonyl (C=O) groups excluding carboxylic acids is 2. The van der Waals surface area contributed by atoms with Gasteiger partial charge in [0.1, 0.15) is 11.5 Å². The predicted molar refractivity (Wildman–Crippen MR) is 94.5 cm³/mol. The third-order valence-electron chi connectivity index (χ3n) is 4.12. The Labute approximate surface area is 145 Å². The number of hydrogen-bond donors (Lipinski definition) is 1. The van der Waals surface area contributed by atoms with E-state index in [4.69, 9.17) is 0 Å². The van der Waals surface area contributed by atoms with Crippen LogP contribution < -0.4 is 5.32 Å². The Morgan fingerprint density at radius 2 is 1.88 bits per heavy atom. The molecule has 1 amide bonds. The maximum atomic E-state index is 12.5. The van der Waals surface area contributed by atoms with E-state index in [9.17, 15) is 9.59 Å². The van der Waals surface area contributed by atoms with Crippen molar-refractivity contribution in [3.05, 3.63) is 53.6 Å². The van der Waals surface area contributed by atoms with Crippen LogP contribution in [0.15, 0.2) is 36.5 Å². The van der Waals surface area contributed by atoms with E-state index in [1.54, 1.807) is 29.9 Å². The fourth-order valence-electron chi connectivity index (χ4n) is 2.57. The first kappa shape index (κ1) is 16.6. The van der Waals surface area contributed by atoms with Gasteiger partial charge in [0, 0.05) is 37.1 Å². The van der Waals surface area contributed by atoms with E-state index in [0.717, 1.165) is 17.2 Å². The number of carbonyl (C=O) groups is 2. The topological polar surface area (TPSA) is 81.8 Å². The van der Waals surface area contributed by atoms with Crippen molar-refractivity contribution in [3.8, 4) is 11.4 Å². The summed E-state index contributed by atoms with van der Waals surface area (Å²) < 4.78 is 3.53. The number of ketones is 1. The number of nitrogens with zero attached hydrogens (tertiary/aromatic N) is 4. The Hall–Kier alpha value is -3.22. The molecule has 1 aromatic carbocycles. The summed E-state index contributed by atoms with van der Waals surface area (Å²) >= 11 is 0. The number of aromatic nitrogens is 4. The van der Waals surface area contributed by atoms with E-state index < -0.39 is 0 Å². The van der Waals surface area contributed by atoms with Crippen LogP contribution in [-0.2, 0) is 14.1 Å². The van der Waals surface area contributed by atoms with Gasteiger partial charge < -0.3 is 14.5 Å². The number of benzene rings is 1. The molecule has 3 aromatic rings. The molecule has 0 aliphatic carbocycles. The van der Waals surface area contributed by atoms with Gasteiger partial charge in [0.15, 0.2) is 11.6 Å².